The van der Waals surface area contributed by atoms with Gasteiger partial charge in [-0.3, -0.25) is 4.79 Å². The van der Waals surface area contributed by atoms with Gasteiger partial charge in [0.15, 0.2) is 0 Å². The van der Waals surface area contributed by atoms with Crippen LogP contribution >= 0.6 is 0 Å². The number of benzene rings is 1. The molecule has 0 unspecified atom stereocenters. The number of carbonyl (C=O) groups is 2. The summed E-state index contributed by atoms with van der Waals surface area (Å²) in [6.45, 7) is 7.71. The largest absolute Gasteiger partial charge is 0.457 e. The summed E-state index contributed by atoms with van der Waals surface area (Å²) in [6, 6.07) is 7.13. The first-order chi connectivity index (χ1) is 8.40. The summed E-state index contributed by atoms with van der Waals surface area (Å²) in [4.78, 5) is 23.2. The Hall–Kier alpha value is -1.64. The van der Waals surface area contributed by atoms with Crippen molar-refractivity contribution in [2.24, 2.45) is 5.92 Å². The fourth-order valence-electron chi connectivity index (χ4n) is 1.65. The zero-order chi connectivity index (χ0) is 13.7. The normalized spacial score (nSPS) is 10.8. The molecule has 0 aromatic heterocycles. The standard InChI is InChI=1S/C15H20O3/c1-10(2)9-12-5-7-13(8-6-12)14(16)15(17)18-11(3)4/h5-8,10-11H,9H2,1-4H3. The summed E-state index contributed by atoms with van der Waals surface area (Å²) >= 11 is 0. The molecule has 0 radical (unpaired) electrons. The van der Waals surface area contributed by atoms with Gasteiger partial charge in [0, 0.05) is 5.56 Å². The summed E-state index contributed by atoms with van der Waals surface area (Å²) in [5.41, 5.74) is 1.55. The van der Waals surface area contributed by atoms with Gasteiger partial charge in [-0.25, -0.2) is 4.79 Å². The van der Waals surface area contributed by atoms with E-state index in [1.165, 1.54) is 5.56 Å². The van der Waals surface area contributed by atoms with E-state index in [9.17, 15) is 9.59 Å². The summed E-state index contributed by atoms with van der Waals surface area (Å²) in [7, 11) is 0. The fraction of sp³-hybridized carbons (Fsp3) is 0.467. The van der Waals surface area contributed by atoms with E-state index < -0.39 is 11.8 Å². The lowest BCUT2D eigenvalue weighted by Gasteiger charge is -2.08. The van der Waals surface area contributed by atoms with Gasteiger partial charge in [-0.2, -0.15) is 0 Å². The van der Waals surface area contributed by atoms with E-state index in [4.69, 9.17) is 4.74 Å². The number of hydrogen-bond donors (Lipinski definition) is 0. The van der Waals surface area contributed by atoms with Crippen molar-refractivity contribution in [3.05, 3.63) is 35.4 Å². The molecule has 1 aromatic rings. The number of esters is 1. The zero-order valence-electron chi connectivity index (χ0n) is 11.4. The van der Waals surface area contributed by atoms with E-state index in [0.717, 1.165) is 6.42 Å². The zero-order valence-corrected chi connectivity index (χ0v) is 11.4. The number of carbonyl (C=O) groups excluding carboxylic acids is 2. The van der Waals surface area contributed by atoms with Gasteiger partial charge < -0.3 is 4.74 Å². The van der Waals surface area contributed by atoms with Gasteiger partial charge >= 0.3 is 5.97 Å². The minimum Gasteiger partial charge on any atom is -0.457 e. The number of Topliss-reactive ketones (excluding diaryl/α,β-unsaturated/α-hetero) is 1. The Labute approximate surface area is 108 Å². The second kappa shape index (κ2) is 6.34. The lowest BCUT2D eigenvalue weighted by Crippen LogP contribution is -2.21. The van der Waals surface area contributed by atoms with Crippen LogP contribution in [0.3, 0.4) is 0 Å². The van der Waals surface area contributed by atoms with Gasteiger partial charge in [-0.15, -0.1) is 0 Å². The van der Waals surface area contributed by atoms with Crippen molar-refractivity contribution in [2.75, 3.05) is 0 Å². The Morgan fingerprint density at radius 1 is 1.06 bits per heavy atom. The maximum atomic E-state index is 11.7. The summed E-state index contributed by atoms with van der Waals surface area (Å²) in [5.74, 6) is -0.807. The van der Waals surface area contributed by atoms with Gasteiger partial charge in [0.1, 0.15) is 0 Å². The smallest absolute Gasteiger partial charge is 0.379 e. The average Bonchev–Trinajstić information content (AvgIpc) is 2.27. The Kier molecular flexibility index (Phi) is 5.08. The second-order valence-electron chi connectivity index (χ2n) is 5.08. The molecule has 1 rings (SSSR count). The molecule has 0 atom stereocenters. The third-order valence-electron chi connectivity index (χ3n) is 2.39. The SMILES string of the molecule is CC(C)Cc1ccc(C(=O)C(=O)OC(C)C)cc1. The van der Waals surface area contributed by atoms with Crippen LogP contribution in [-0.4, -0.2) is 17.9 Å². The van der Waals surface area contributed by atoms with Crippen molar-refractivity contribution in [2.45, 2.75) is 40.2 Å². The summed E-state index contributed by atoms with van der Waals surface area (Å²) < 4.78 is 4.87. The maximum Gasteiger partial charge on any atom is 0.379 e. The lowest BCUT2D eigenvalue weighted by molar-refractivity contribution is -0.141. The molecule has 0 bridgehead atoms. The monoisotopic (exact) mass is 248 g/mol. The van der Waals surface area contributed by atoms with Gasteiger partial charge in [-0.05, 0) is 31.7 Å². The van der Waals surface area contributed by atoms with Crippen molar-refractivity contribution in [3.63, 3.8) is 0 Å². The molecule has 0 saturated heterocycles. The lowest BCUT2D eigenvalue weighted by atomic mass is 10.0. The fourth-order valence-corrected chi connectivity index (χ4v) is 1.65. The van der Waals surface area contributed by atoms with Crippen LogP contribution in [0.1, 0.15) is 43.6 Å². The molecule has 18 heavy (non-hydrogen) atoms. The van der Waals surface area contributed by atoms with Crippen molar-refractivity contribution < 1.29 is 14.3 Å². The minimum absolute atomic E-state index is 0.276. The third kappa shape index (κ3) is 4.32. The van der Waals surface area contributed by atoms with Crippen LogP contribution in [0.5, 0.6) is 0 Å². The van der Waals surface area contributed by atoms with Crippen molar-refractivity contribution in [1.82, 2.24) is 0 Å². The molecule has 0 heterocycles. The molecule has 0 spiro atoms. The molecule has 0 aliphatic rings. The highest BCUT2D eigenvalue weighted by molar-refractivity contribution is 6.40. The van der Waals surface area contributed by atoms with Gasteiger partial charge in [0.25, 0.3) is 5.78 Å². The van der Waals surface area contributed by atoms with E-state index in [-0.39, 0.29) is 6.10 Å². The predicted octanol–water partition coefficient (Wildman–Crippen LogP) is 3.02. The Bertz CT molecular complexity index is 416. The molecule has 3 nitrogen and oxygen atoms in total. The number of ketones is 1. The molecular weight excluding hydrogens is 228 g/mol. The molecule has 3 heteroatoms. The van der Waals surface area contributed by atoms with Crippen LogP contribution in [0.25, 0.3) is 0 Å². The molecule has 0 aliphatic heterocycles. The average molecular weight is 248 g/mol. The van der Waals surface area contributed by atoms with Crippen LogP contribution in [0.15, 0.2) is 24.3 Å². The van der Waals surface area contributed by atoms with Crippen LogP contribution in [0.2, 0.25) is 0 Å². The van der Waals surface area contributed by atoms with Crippen molar-refractivity contribution in [3.8, 4) is 0 Å². The third-order valence-corrected chi connectivity index (χ3v) is 2.39. The Balaban J connectivity index is 2.73. The summed E-state index contributed by atoms with van der Waals surface area (Å²) in [6.07, 6.45) is 0.687. The Morgan fingerprint density at radius 2 is 1.61 bits per heavy atom. The molecule has 98 valence electrons. The first-order valence-electron chi connectivity index (χ1n) is 6.24. The van der Waals surface area contributed by atoms with E-state index in [1.807, 2.05) is 12.1 Å². The van der Waals surface area contributed by atoms with E-state index >= 15 is 0 Å². The Morgan fingerprint density at radius 3 is 2.06 bits per heavy atom. The van der Waals surface area contributed by atoms with Gasteiger partial charge in [0.2, 0.25) is 0 Å². The minimum atomic E-state index is -0.790. The second-order valence-corrected chi connectivity index (χ2v) is 5.08. The van der Waals surface area contributed by atoms with Crippen LogP contribution in [0.4, 0.5) is 0 Å². The molecule has 0 fully saturated rings. The molecule has 0 amide bonds. The van der Waals surface area contributed by atoms with E-state index in [0.29, 0.717) is 11.5 Å². The predicted molar refractivity (Wildman–Crippen MR) is 70.5 cm³/mol. The molecular formula is C15H20O3. The topological polar surface area (TPSA) is 43.4 Å². The quantitative estimate of drug-likeness (QED) is 0.457. The number of ether oxygens (including phenoxy) is 1. The van der Waals surface area contributed by atoms with Crippen molar-refractivity contribution >= 4 is 11.8 Å². The highest BCUT2D eigenvalue weighted by atomic mass is 16.5. The highest BCUT2D eigenvalue weighted by Crippen LogP contribution is 2.11. The number of hydrogen-bond acceptors (Lipinski definition) is 3. The van der Waals surface area contributed by atoms with Gasteiger partial charge in [-0.1, -0.05) is 38.1 Å². The van der Waals surface area contributed by atoms with Crippen LogP contribution in [0, 0.1) is 5.92 Å². The molecule has 0 N–H and O–H groups in total. The number of rotatable bonds is 5. The molecule has 0 saturated carbocycles. The maximum absolute atomic E-state index is 11.7. The first kappa shape index (κ1) is 14.4. The highest BCUT2D eigenvalue weighted by Gasteiger charge is 2.18. The van der Waals surface area contributed by atoms with Crippen LogP contribution < -0.4 is 0 Å². The van der Waals surface area contributed by atoms with Crippen molar-refractivity contribution in [1.29, 1.82) is 0 Å². The molecule has 1 aromatic carbocycles. The summed E-state index contributed by atoms with van der Waals surface area (Å²) in [5, 5.41) is 0. The van der Waals surface area contributed by atoms with E-state index in [2.05, 4.69) is 13.8 Å². The van der Waals surface area contributed by atoms with E-state index in [1.54, 1.807) is 26.0 Å². The van der Waals surface area contributed by atoms with Crippen LogP contribution in [-0.2, 0) is 16.0 Å². The van der Waals surface area contributed by atoms with Gasteiger partial charge in [0.05, 0.1) is 6.10 Å². The molecule has 0 aliphatic carbocycles. The first-order valence-corrected chi connectivity index (χ1v) is 6.24.